The number of aliphatic carboxylic acids is 1. The Labute approximate surface area is 135 Å². The van der Waals surface area contributed by atoms with Crippen LogP contribution in [0.3, 0.4) is 0 Å². The standard InChI is InChI=1S/C15H12ClN3O2S/c1-19(7-11(20)21)13-12-10(9-5-3-2-4-6-9)8-22-14(12)18-15(16)17-13/h2-6,8H,7H2,1H3,(H,20,21). The molecule has 5 nitrogen and oxygen atoms in total. The second kappa shape index (κ2) is 5.90. The van der Waals surface area contributed by atoms with Gasteiger partial charge in [-0.15, -0.1) is 11.3 Å². The first-order chi connectivity index (χ1) is 10.6. The summed E-state index contributed by atoms with van der Waals surface area (Å²) in [7, 11) is 1.68. The topological polar surface area (TPSA) is 66.3 Å². The second-order valence-electron chi connectivity index (χ2n) is 4.76. The number of fused-ring (bicyclic) bond motifs is 1. The molecule has 0 radical (unpaired) electrons. The number of likely N-dealkylation sites (N-methyl/N-ethyl adjacent to an activating group) is 1. The van der Waals surface area contributed by atoms with Crippen LogP contribution in [0.1, 0.15) is 0 Å². The van der Waals surface area contributed by atoms with E-state index >= 15 is 0 Å². The molecule has 1 aromatic carbocycles. The molecule has 0 bridgehead atoms. The Morgan fingerprint density at radius 1 is 1.32 bits per heavy atom. The summed E-state index contributed by atoms with van der Waals surface area (Å²) < 4.78 is 0. The van der Waals surface area contributed by atoms with Gasteiger partial charge in [0, 0.05) is 18.0 Å². The highest BCUT2D eigenvalue weighted by Gasteiger charge is 2.18. The molecule has 0 saturated carbocycles. The van der Waals surface area contributed by atoms with Crippen LogP contribution in [0.5, 0.6) is 0 Å². The summed E-state index contributed by atoms with van der Waals surface area (Å²) in [6, 6.07) is 9.85. The molecular weight excluding hydrogens is 322 g/mol. The number of nitrogens with zero attached hydrogens (tertiary/aromatic N) is 3. The zero-order valence-electron chi connectivity index (χ0n) is 11.7. The number of carbonyl (C=O) groups is 1. The van der Waals surface area contributed by atoms with Crippen LogP contribution in [0.4, 0.5) is 5.82 Å². The Morgan fingerprint density at radius 3 is 2.73 bits per heavy atom. The van der Waals surface area contributed by atoms with Crippen molar-refractivity contribution >= 4 is 44.9 Å². The minimum Gasteiger partial charge on any atom is -0.480 e. The fourth-order valence-corrected chi connectivity index (χ4v) is 3.44. The Balaban J connectivity index is 2.22. The Bertz CT molecular complexity index is 835. The Kier molecular flexibility index (Phi) is 3.96. The molecule has 0 atom stereocenters. The highest BCUT2D eigenvalue weighted by molar-refractivity contribution is 7.17. The molecule has 3 rings (SSSR count). The van der Waals surface area contributed by atoms with Crippen molar-refractivity contribution in [2.24, 2.45) is 0 Å². The number of carboxylic acid groups (broad SMARTS) is 1. The molecule has 0 aliphatic heterocycles. The number of halogens is 1. The monoisotopic (exact) mass is 333 g/mol. The lowest BCUT2D eigenvalue weighted by Crippen LogP contribution is -2.26. The first-order valence-electron chi connectivity index (χ1n) is 6.49. The van der Waals surface area contributed by atoms with Crippen LogP contribution in [0, 0.1) is 0 Å². The van der Waals surface area contributed by atoms with Gasteiger partial charge in [-0.2, -0.15) is 4.98 Å². The van der Waals surface area contributed by atoms with E-state index in [0.717, 1.165) is 21.3 Å². The smallest absolute Gasteiger partial charge is 0.323 e. The first-order valence-corrected chi connectivity index (χ1v) is 7.75. The quantitative estimate of drug-likeness (QED) is 0.740. The summed E-state index contributed by atoms with van der Waals surface area (Å²) in [5.74, 6) is -0.403. The van der Waals surface area contributed by atoms with Gasteiger partial charge in [-0.25, -0.2) is 4.98 Å². The molecule has 0 spiro atoms. The average molecular weight is 334 g/mol. The van der Waals surface area contributed by atoms with Gasteiger partial charge in [-0.05, 0) is 17.2 Å². The van der Waals surface area contributed by atoms with Crippen LogP contribution in [0.25, 0.3) is 21.3 Å². The Morgan fingerprint density at radius 2 is 2.05 bits per heavy atom. The molecule has 1 N–H and O–H groups in total. The van der Waals surface area contributed by atoms with Crippen molar-refractivity contribution in [1.29, 1.82) is 0 Å². The second-order valence-corrected chi connectivity index (χ2v) is 5.96. The van der Waals surface area contributed by atoms with Crippen molar-refractivity contribution < 1.29 is 9.90 Å². The SMILES string of the molecule is CN(CC(=O)O)c1nc(Cl)nc2scc(-c3ccccc3)c12. The lowest BCUT2D eigenvalue weighted by Gasteiger charge is -2.17. The number of benzene rings is 1. The summed E-state index contributed by atoms with van der Waals surface area (Å²) in [6.45, 7) is -0.160. The molecule has 2 heterocycles. The molecule has 0 aliphatic rings. The highest BCUT2D eigenvalue weighted by atomic mass is 35.5. The fourth-order valence-electron chi connectivity index (χ4n) is 2.28. The van der Waals surface area contributed by atoms with Crippen molar-refractivity contribution in [1.82, 2.24) is 9.97 Å². The number of rotatable bonds is 4. The molecule has 3 aromatic rings. The van der Waals surface area contributed by atoms with E-state index in [4.69, 9.17) is 16.7 Å². The lowest BCUT2D eigenvalue weighted by atomic mass is 10.1. The van der Waals surface area contributed by atoms with Gasteiger partial charge in [0.05, 0.1) is 5.39 Å². The number of carboxylic acids is 1. The van der Waals surface area contributed by atoms with Gasteiger partial charge in [0.2, 0.25) is 5.28 Å². The van der Waals surface area contributed by atoms with Crippen molar-refractivity contribution in [2.75, 3.05) is 18.5 Å². The molecule has 112 valence electrons. The van der Waals surface area contributed by atoms with E-state index in [1.807, 2.05) is 35.7 Å². The largest absolute Gasteiger partial charge is 0.480 e. The third-order valence-electron chi connectivity index (χ3n) is 3.21. The molecule has 7 heteroatoms. The molecule has 0 fully saturated rings. The maximum Gasteiger partial charge on any atom is 0.323 e. The minimum atomic E-state index is -0.929. The predicted octanol–water partition coefficient (Wildman–Crippen LogP) is 3.53. The molecule has 0 unspecified atom stereocenters. The van der Waals surface area contributed by atoms with E-state index in [0.29, 0.717) is 5.82 Å². The van der Waals surface area contributed by atoms with Gasteiger partial charge in [-0.3, -0.25) is 4.79 Å². The normalized spacial score (nSPS) is 10.8. The molecule has 22 heavy (non-hydrogen) atoms. The third kappa shape index (κ3) is 2.75. The number of hydrogen-bond donors (Lipinski definition) is 1. The average Bonchev–Trinajstić information content (AvgIpc) is 2.90. The molecule has 0 aliphatic carbocycles. The van der Waals surface area contributed by atoms with Crippen molar-refractivity contribution in [3.8, 4) is 11.1 Å². The molecule has 0 saturated heterocycles. The molecule has 2 aromatic heterocycles. The van der Waals surface area contributed by atoms with Gasteiger partial charge in [0.1, 0.15) is 17.2 Å². The number of anilines is 1. The van der Waals surface area contributed by atoms with Gasteiger partial charge in [-0.1, -0.05) is 30.3 Å². The molecular formula is C15H12ClN3O2S. The summed E-state index contributed by atoms with van der Waals surface area (Å²) in [6.07, 6.45) is 0. The summed E-state index contributed by atoms with van der Waals surface area (Å²) in [5, 5.41) is 11.9. The maximum absolute atomic E-state index is 11.0. The third-order valence-corrected chi connectivity index (χ3v) is 4.25. The van der Waals surface area contributed by atoms with E-state index in [9.17, 15) is 4.79 Å². The zero-order chi connectivity index (χ0) is 15.7. The fraction of sp³-hybridized carbons (Fsp3) is 0.133. The predicted molar refractivity (Wildman–Crippen MR) is 88.8 cm³/mol. The zero-order valence-corrected chi connectivity index (χ0v) is 13.2. The van der Waals surface area contributed by atoms with Crippen LogP contribution < -0.4 is 4.90 Å². The van der Waals surface area contributed by atoms with Crippen LogP contribution >= 0.6 is 22.9 Å². The van der Waals surface area contributed by atoms with Gasteiger partial charge in [0.25, 0.3) is 0 Å². The van der Waals surface area contributed by atoms with E-state index in [-0.39, 0.29) is 11.8 Å². The van der Waals surface area contributed by atoms with E-state index < -0.39 is 5.97 Å². The van der Waals surface area contributed by atoms with Crippen molar-refractivity contribution in [3.63, 3.8) is 0 Å². The van der Waals surface area contributed by atoms with Gasteiger partial charge in [0.15, 0.2) is 0 Å². The number of thiophene rings is 1. The minimum absolute atomic E-state index is 0.112. The van der Waals surface area contributed by atoms with Gasteiger partial charge >= 0.3 is 5.97 Å². The van der Waals surface area contributed by atoms with E-state index in [2.05, 4.69) is 9.97 Å². The van der Waals surface area contributed by atoms with Crippen LogP contribution in [-0.4, -0.2) is 34.6 Å². The van der Waals surface area contributed by atoms with E-state index in [1.54, 1.807) is 11.9 Å². The maximum atomic E-state index is 11.0. The van der Waals surface area contributed by atoms with Crippen LogP contribution in [0.2, 0.25) is 5.28 Å². The Hall–Kier alpha value is -2.18. The van der Waals surface area contributed by atoms with Crippen molar-refractivity contribution in [2.45, 2.75) is 0 Å². The molecule has 0 amide bonds. The van der Waals surface area contributed by atoms with Crippen LogP contribution in [0.15, 0.2) is 35.7 Å². The van der Waals surface area contributed by atoms with Gasteiger partial charge < -0.3 is 10.0 Å². The summed E-state index contributed by atoms with van der Waals surface area (Å²) >= 11 is 7.43. The lowest BCUT2D eigenvalue weighted by molar-refractivity contribution is -0.135. The number of hydrogen-bond acceptors (Lipinski definition) is 5. The number of aromatic nitrogens is 2. The summed E-state index contributed by atoms with van der Waals surface area (Å²) in [5.41, 5.74) is 2.01. The van der Waals surface area contributed by atoms with Crippen LogP contribution in [-0.2, 0) is 4.79 Å². The van der Waals surface area contributed by atoms with Crippen molar-refractivity contribution in [3.05, 3.63) is 41.0 Å². The van der Waals surface area contributed by atoms with E-state index in [1.165, 1.54) is 11.3 Å². The highest BCUT2D eigenvalue weighted by Crippen LogP contribution is 2.38. The summed E-state index contributed by atoms with van der Waals surface area (Å²) in [4.78, 5) is 21.8. The first kappa shape index (κ1) is 14.7.